The highest BCUT2D eigenvalue weighted by molar-refractivity contribution is 6.36. The first-order chi connectivity index (χ1) is 9.10. The van der Waals surface area contributed by atoms with E-state index in [0.717, 1.165) is 11.1 Å². The summed E-state index contributed by atoms with van der Waals surface area (Å²) in [5.74, 6) is 0.908. The van der Waals surface area contributed by atoms with Crippen LogP contribution >= 0.6 is 34.8 Å². The van der Waals surface area contributed by atoms with Gasteiger partial charge in [0.15, 0.2) is 0 Å². The van der Waals surface area contributed by atoms with Crippen molar-refractivity contribution >= 4 is 34.8 Å². The predicted octanol–water partition coefficient (Wildman–Crippen LogP) is 5.62. The molecule has 0 atom stereocenters. The molecule has 0 spiro atoms. The number of hydrogen-bond acceptors (Lipinski definition) is 1. The average molecular weight is 316 g/mol. The molecular weight excluding hydrogens is 303 g/mol. The fraction of sp³-hybridized carbons (Fsp3) is 0.200. The van der Waals surface area contributed by atoms with E-state index in [9.17, 15) is 0 Å². The van der Waals surface area contributed by atoms with Gasteiger partial charge in [-0.25, -0.2) is 0 Å². The molecule has 0 bridgehead atoms. The molecule has 0 aliphatic carbocycles. The fourth-order valence-corrected chi connectivity index (χ4v) is 2.50. The Hall–Kier alpha value is -0.890. The molecule has 0 unspecified atom stereocenters. The van der Waals surface area contributed by atoms with Crippen LogP contribution in [0.2, 0.25) is 10.0 Å². The highest BCUT2D eigenvalue weighted by Crippen LogP contribution is 2.33. The second-order valence-corrected chi connectivity index (χ2v) is 5.39. The number of benzene rings is 2. The van der Waals surface area contributed by atoms with Gasteiger partial charge in [-0.2, -0.15) is 0 Å². The van der Waals surface area contributed by atoms with Crippen LogP contribution in [0.4, 0.5) is 0 Å². The van der Waals surface area contributed by atoms with Gasteiger partial charge in [0, 0.05) is 10.6 Å². The Morgan fingerprint density at radius 3 is 2.37 bits per heavy atom. The number of rotatable bonds is 4. The lowest BCUT2D eigenvalue weighted by atomic mass is 10.1. The van der Waals surface area contributed by atoms with Crippen molar-refractivity contribution in [2.45, 2.75) is 19.4 Å². The van der Waals surface area contributed by atoms with Crippen LogP contribution in [0.25, 0.3) is 0 Å². The van der Waals surface area contributed by atoms with E-state index >= 15 is 0 Å². The highest BCUT2D eigenvalue weighted by Gasteiger charge is 2.10. The number of halogens is 3. The van der Waals surface area contributed by atoms with E-state index in [4.69, 9.17) is 39.5 Å². The van der Waals surface area contributed by atoms with E-state index in [0.29, 0.717) is 28.3 Å². The predicted molar refractivity (Wildman–Crippen MR) is 81.5 cm³/mol. The molecule has 19 heavy (non-hydrogen) atoms. The Morgan fingerprint density at radius 1 is 1.05 bits per heavy atom. The Kier molecular flexibility index (Phi) is 4.98. The van der Waals surface area contributed by atoms with Crippen molar-refractivity contribution in [3.05, 3.63) is 63.1 Å². The zero-order valence-electron chi connectivity index (χ0n) is 10.4. The Labute approximate surface area is 128 Å². The quantitative estimate of drug-likeness (QED) is 0.665. The molecule has 0 aliphatic rings. The van der Waals surface area contributed by atoms with Crippen LogP contribution < -0.4 is 4.74 Å². The van der Waals surface area contributed by atoms with Crippen molar-refractivity contribution in [2.75, 3.05) is 0 Å². The molecule has 2 aromatic rings. The first kappa shape index (κ1) is 14.5. The van der Waals surface area contributed by atoms with Crippen molar-refractivity contribution in [3.8, 4) is 5.75 Å². The summed E-state index contributed by atoms with van der Waals surface area (Å²) in [6.07, 6.45) is 0. The average Bonchev–Trinajstić information content (AvgIpc) is 2.39. The molecule has 0 aliphatic heterocycles. The molecule has 2 aromatic carbocycles. The van der Waals surface area contributed by atoms with Gasteiger partial charge >= 0.3 is 0 Å². The first-order valence-corrected chi connectivity index (χ1v) is 7.11. The van der Waals surface area contributed by atoms with Crippen LogP contribution in [-0.4, -0.2) is 0 Å². The summed E-state index contributed by atoms with van der Waals surface area (Å²) in [7, 11) is 0. The van der Waals surface area contributed by atoms with E-state index < -0.39 is 0 Å². The van der Waals surface area contributed by atoms with Gasteiger partial charge in [0.05, 0.1) is 10.9 Å². The van der Waals surface area contributed by atoms with Crippen LogP contribution in [0.5, 0.6) is 5.75 Å². The van der Waals surface area contributed by atoms with Gasteiger partial charge in [-0.05, 0) is 24.6 Å². The van der Waals surface area contributed by atoms with Crippen LogP contribution in [0.15, 0.2) is 36.4 Å². The minimum absolute atomic E-state index is 0.309. The molecule has 0 saturated heterocycles. The molecule has 2 rings (SSSR count). The van der Waals surface area contributed by atoms with E-state index in [2.05, 4.69) is 0 Å². The standard InChI is InChI=1S/C15H13Cl3O/c1-10-2-4-11(5-3-10)9-19-15-12(8-16)6-13(17)7-14(15)18/h2-7H,8-9H2,1H3. The number of aryl methyl sites for hydroxylation is 1. The Morgan fingerprint density at radius 2 is 1.74 bits per heavy atom. The maximum absolute atomic E-state index is 6.14. The number of ether oxygens (including phenoxy) is 1. The molecule has 0 aromatic heterocycles. The largest absolute Gasteiger partial charge is 0.487 e. The lowest BCUT2D eigenvalue weighted by Crippen LogP contribution is -1.99. The Bertz CT molecular complexity index is 564. The number of hydrogen-bond donors (Lipinski definition) is 0. The summed E-state index contributed by atoms with van der Waals surface area (Å²) < 4.78 is 5.76. The van der Waals surface area contributed by atoms with E-state index in [1.54, 1.807) is 12.1 Å². The molecule has 100 valence electrons. The summed E-state index contributed by atoms with van der Waals surface area (Å²) in [4.78, 5) is 0. The normalized spacial score (nSPS) is 10.5. The maximum Gasteiger partial charge on any atom is 0.142 e. The minimum atomic E-state index is 0.309. The summed E-state index contributed by atoms with van der Waals surface area (Å²) in [6, 6.07) is 11.6. The van der Waals surface area contributed by atoms with Gasteiger partial charge in [-0.15, -0.1) is 11.6 Å². The van der Waals surface area contributed by atoms with Crippen LogP contribution in [0.1, 0.15) is 16.7 Å². The Balaban J connectivity index is 2.17. The summed E-state index contributed by atoms with van der Waals surface area (Å²) in [6.45, 7) is 2.50. The van der Waals surface area contributed by atoms with Gasteiger partial charge in [0.2, 0.25) is 0 Å². The van der Waals surface area contributed by atoms with E-state index in [-0.39, 0.29) is 0 Å². The zero-order chi connectivity index (χ0) is 13.8. The monoisotopic (exact) mass is 314 g/mol. The van der Waals surface area contributed by atoms with Crippen molar-refractivity contribution in [3.63, 3.8) is 0 Å². The summed E-state index contributed by atoms with van der Waals surface area (Å²) in [5, 5.41) is 1.04. The van der Waals surface area contributed by atoms with Gasteiger partial charge in [0.25, 0.3) is 0 Å². The second kappa shape index (κ2) is 6.51. The van der Waals surface area contributed by atoms with Gasteiger partial charge in [0.1, 0.15) is 12.4 Å². The van der Waals surface area contributed by atoms with Crippen LogP contribution in [-0.2, 0) is 12.5 Å². The van der Waals surface area contributed by atoms with Gasteiger partial charge in [-0.1, -0.05) is 53.0 Å². The molecule has 4 heteroatoms. The minimum Gasteiger partial charge on any atom is -0.487 e. The zero-order valence-corrected chi connectivity index (χ0v) is 12.7. The van der Waals surface area contributed by atoms with Crippen LogP contribution in [0.3, 0.4) is 0 Å². The topological polar surface area (TPSA) is 9.23 Å². The maximum atomic E-state index is 6.14. The molecule has 0 heterocycles. The summed E-state index contributed by atoms with van der Waals surface area (Å²) >= 11 is 18.0. The van der Waals surface area contributed by atoms with E-state index in [1.165, 1.54) is 5.56 Å². The highest BCUT2D eigenvalue weighted by atomic mass is 35.5. The smallest absolute Gasteiger partial charge is 0.142 e. The van der Waals surface area contributed by atoms with Gasteiger partial charge < -0.3 is 4.74 Å². The van der Waals surface area contributed by atoms with Crippen molar-refractivity contribution in [2.24, 2.45) is 0 Å². The third-order valence-corrected chi connectivity index (χ3v) is 3.52. The molecular formula is C15H13Cl3O. The van der Waals surface area contributed by atoms with Crippen molar-refractivity contribution < 1.29 is 4.74 Å². The molecule has 0 N–H and O–H groups in total. The first-order valence-electron chi connectivity index (χ1n) is 5.82. The molecule has 0 radical (unpaired) electrons. The lowest BCUT2D eigenvalue weighted by molar-refractivity contribution is 0.304. The van der Waals surface area contributed by atoms with Crippen molar-refractivity contribution in [1.29, 1.82) is 0 Å². The number of alkyl halides is 1. The fourth-order valence-electron chi connectivity index (χ4n) is 1.71. The van der Waals surface area contributed by atoms with E-state index in [1.807, 2.05) is 31.2 Å². The van der Waals surface area contributed by atoms with Gasteiger partial charge in [-0.3, -0.25) is 0 Å². The SMILES string of the molecule is Cc1ccc(COc2c(Cl)cc(Cl)cc2CCl)cc1. The molecule has 1 nitrogen and oxygen atoms in total. The lowest BCUT2D eigenvalue weighted by Gasteiger charge is -2.12. The summed E-state index contributed by atoms with van der Waals surface area (Å²) in [5.41, 5.74) is 3.10. The third kappa shape index (κ3) is 3.79. The molecule has 0 saturated carbocycles. The van der Waals surface area contributed by atoms with Crippen LogP contribution in [0, 0.1) is 6.92 Å². The molecule has 0 fully saturated rings. The van der Waals surface area contributed by atoms with Crippen molar-refractivity contribution in [1.82, 2.24) is 0 Å². The third-order valence-electron chi connectivity index (χ3n) is 2.73. The second-order valence-electron chi connectivity index (χ2n) is 4.28. The molecule has 0 amide bonds.